The molecule has 0 radical (unpaired) electrons. The summed E-state index contributed by atoms with van der Waals surface area (Å²) < 4.78 is 0. The highest BCUT2D eigenvalue weighted by atomic mass is 16.4. The van der Waals surface area contributed by atoms with E-state index in [4.69, 9.17) is 0 Å². The maximum Gasteiger partial charge on any atom is 0.307 e. The third kappa shape index (κ3) is 3.29. The molecule has 0 unspecified atom stereocenters. The Bertz CT molecular complexity index is 723. The van der Waals surface area contributed by atoms with Gasteiger partial charge < -0.3 is 5.11 Å². The van der Waals surface area contributed by atoms with Crippen LogP contribution in [0.15, 0.2) is 36.4 Å². The van der Waals surface area contributed by atoms with Gasteiger partial charge in [0.2, 0.25) is 5.91 Å². The summed E-state index contributed by atoms with van der Waals surface area (Å²) in [5.41, 5.74) is 6.34. The van der Waals surface area contributed by atoms with Gasteiger partial charge in [0.1, 0.15) is 0 Å². The molecule has 3 rings (SSSR count). The fraction of sp³-hybridized carbons (Fsp3) is 0.421. The molecule has 6 nitrogen and oxygen atoms in total. The fourth-order valence-corrected chi connectivity index (χ4v) is 3.81. The molecule has 2 bridgehead atoms. The second-order valence-corrected chi connectivity index (χ2v) is 7.06. The van der Waals surface area contributed by atoms with Gasteiger partial charge in [-0.3, -0.25) is 25.2 Å². The lowest BCUT2D eigenvalue weighted by atomic mass is 9.82. The Balaban J connectivity index is 1.61. The molecule has 1 saturated carbocycles. The minimum absolute atomic E-state index is 0.0756. The van der Waals surface area contributed by atoms with E-state index < -0.39 is 29.6 Å². The van der Waals surface area contributed by atoms with E-state index >= 15 is 0 Å². The lowest BCUT2D eigenvalue weighted by Gasteiger charge is -2.23. The number of nitrogens with one attached hydrogen (secondary N) is 2. The van der Waals surface area contributed by atoms with Gasteiger partial charge in [-0.05, 0) is 41.9 Å². The predicted octanol–water partition coefficient (Wildman–Crippen LogP) is 2.09. The maximum atomic E-state index is 12.4. The van der Waals surface area contributed by atoms with Gasteiger partial charge in [-0.25, -0.2) is 0 Å². The largest absolute Gasteiger partial charge is 0.481 e. The average Bonchev–Trinajstić information content (AvgIpc) is 3.20. The number of carboxylic acid groups (broad SMARTS) is 1. The number of amides is 2. The third-order valence-corrected chi connectivity index (χ3v) is 5.19. The zero-order valence-electron chi connectivity index (χ0n) is 14.2. The Labute approximate surface area is 146 Å². The molecule has 132 valence electrons. The first-order chi connectivity index (χ1) is 11.9. The van der Waals surface area contributed by atoms with Crippen molar-refractivity contribution >= 4 is 17.8 Å². The number of hydrogen-bond donors (Lipinski definition) is 3. The molecular weight excluding hydrogens is 320 g/mol. The standard InChI is InChI=1S/C19H22N2O4/c1-10(2)11-3-5-12(6-4-11)17(22)20-21-18(23)15-13-7-8-14(9-13)16(15)19(24)25/h3-8,10,13-16H,9H2,1-2H3,(H,20,22)(H,21,23)(H,24,25)/t13-,14-,15-,16-/m0/s1. The van der Waals surface area contributed by atoms with Gasteiger partial charge in [0.05, 0.1) is 11.8 Å². The number of benzene rings is 1. The second kappa shape index (κ2) is 6.70. The summed E-state index contributed by atoms with van der Waals surface area (Å²) in [7, 11) is 0. The normalized spacial score (nSPS) is 26.7. The van der Waals surface area contributed by atoms with Crippen molar-refractivity contribution in [2.75, 3.05) is 0 Å². The van der Waals surface area contributed by atoms with Gasteiger partial charge in [-0.15, -0.1) is 0 Å². The third-order valence-electron chi connectivity index (χ3n) is 5.19. The topological polar surface area (TPSA) is 95.5 Å². The number of allylic oxidation sites excluding steroid dienone is 2. The molecule has 0 aliphatic heterocycles. The van der Waals surface area contributed by atoms with Gasteiger partial charge in [0.15, 0.2) is 0 Å². The quantitative estimate of drug-likeness (QED) is 0.577. The van der Waals surface area contributed by atoms with E-state index in [2.05, 4.69) is 24.7 Å². The summed E-state index contributed by atoms with van der Waals surface area (Å²) in [6.07, 6.45) is 4.46. The van der Waals surface area contributed by atoms with E-state index in [1.807, 2.05) is 24.3 Å². The van der Waals surface area contributed by atoms with Gasteiger partial charge in [0, 0.05) is 5.56 Å². The summed E-state index contributed by atoms with van der Waals surface area (Å²) in [6, 6.07) is 7.17. The summed E-state index contributed by atoms with van der Waals surface area (Å²) in [6.45, 7) is 4.13. The summed E-state index contributed by atoms with van der Waals surface area (Å²) >= 11 is 0. The Kier molecular flexibility index (Phi) is 4.61. The van der Waals surface area contributed by atoms with Gasteiger partial charge in [-0.1, -0.05) is 38.1 Å². The van der Waals surface area contributed by atoms with Crippen LogP contribution in [-0.2, 0) is 9.59 Å². The number of fused-ring (bicyclic) bond motifs is 2. The van der Waals surface area contributed by atoms with Crippen LogP contribution in [0, 0.1) is 23.7 Å². The molecule has 2 amide bonds. The highest BCUT2D eigenvalue weighted by Crippen LogP contribution is 2.48. The molecule has 25 heavy (non-hydrogen) atoms. The van der Waals surface area contributed by atoms with E-state index in [0.717, 1.165) is 5.56 Å². The van der Waals surface area contributed by atoms with Crippen LogP contribution in [0.1, 0.15) is 42.1 Å². The number of carbonyl (C=O) groups is 3. The average molecular weight is 342 g/mol. The van der Waals surface area contributed by atoms with Gasteiger partial charge >= 0.3 is 5.97 Å². The SMILES string of the molecule is CC(C)c1ccc(C(=O)NNC(=O)[C@@H]2[C@@H](C(=O)O)[C@H]3C=C[C@H]2C3)cc1. The van der Waals surface area contributed by atoms with Crippen molar-refractivity contribution < 1.29 is 19.5 Å². The summed E-state index contributed by atoms with van der Waals surface area (Å²) in [4.78, 5) is 36.0. The molecule has 0 saturated heterocycles. The van der Waals surface area contributed by atoms with Crippen molar-refractivity contribution in [2.45, 2.75) is 26.2 Å². The summed E-state index contributed by atoms with van der Waals surface area (Å²) in [5, 5.41) is 9.38. The zero-order valence-corrected chi connectivity index (χ0v) is 14.2. The van der Waals surface area contributed by atoms with Crippen molar-refractivity contribution in [3.63, 3.8) is 0 Å². The van der Waals surface area contributed by atoms with E-state index in [9.17, 15) is 19.5 Å². The predicted molar refractivity (Wildman–Crippen MR) is 91.5 cm³/mol. The number of hydrogen-bond acceptors (Lipinski definition) is 3. The minimum atomic E-state index is -0.965. The van der Waals surface area contributed by atoms with Crippen LogP contribution in [0.4, 0.5) is 0 Å². The Morgan fingerprint density at radius 1 is 1.00 bits per heavy atom. The molecule has 4 atom stereocenters. The molecule has 1 aromatic rings. The van der Waals surface area contributed by atoms with Crippen molar-refractivity contribution in [1.29, 1.82) is 0 Å². The van der Waals surface area contributed by atoms with Crippen LogP contribution in [0.5, 0.6) is 0 Å². The summed E-state index contributed by atoms with van der Waals surface area (Å²) in [5.74, 6) is -3.01. The van der Waals surface area contributed by atoms with E-state index in [1.54, 1.807) is 12.1 Å². The maximum absolute atomic E-state index is 12.4. The first kappa shape index (κ1) is 17.2. The Hall–Kier alpha value is -2.63. The molecular formula is C19H22N2O4. The molecule has 2 aliphatic rings. The molecule has 1 fully saturated rings. The molecule has 6 heteroatoms. The van der Waals surface area contributed by atoms with E-state index in [0.29, 0.717) is 17.9 Å². The Morgan fingerprint density at radius 3 is 2.16 bits per heavy atom. The van der Waals surface area contributed by atoms with Crippen molar-refractivity contribution in [2.24, 2.45) is 23.7 Å². The van der Waals surface area contributed by atoms with Crippen molar-refractivity contribution in [1.82, 2.24) is 10.9 Å². The van der Waals surface area contributed by atoms with Crippen LogP contribution < -0.4 is 10.9 Å². The molecule has 0 aromatic heterocycles. The van der Waals surface area contributed by atoms with Crippen LogP contribution in [-0.4, -0.2) is 22.9 Å². The minimum Gasteiger partial charge on any atom is -0.481 e. The fourth-order valence-electron chi connectivity index (χ4n) is 3.81. The van der Waals surface area contributed by atoms with Crippen LogP contribution in [0.25, 0.3) is 0 Å². The number of hydrazine groups is 1. The van der Waals surface area contributed by atoms with Crippen LogP contribution in [0.3, 0.4) is 0 Å². The second-order valence-electron chi connectivity index (χ2n) is 7.06. The van der Waals surface area contributed by atoms with Gasteiger partial charge in [-0.2, -0.15) is 0 Å². The van der Waals surface area contributed by atoms with Crippen LogP contribution >= 0.6 is 0 Å². The highest BCUT2D eigenvalue weighted by Gasteiger charge is 2.51. The molecule has 3 N–H and O–H groups in total. The Morgan fingerprint density at radius 2 is 1.60 bits per heavy atom. The highest BCUT2D eigenvalue weighted by molar-refractivity contribution is 5.96. The molecule has 1 aromatic carbocycles. The van der Waals surface area contributed by atoms with Crippen molar-refractivity contribution in [3.05, 3.63) is 47.5 Å². The first-order valence-electron chi connectivity index (χ1n) is 8.49. The lowest BCUT2D eigenvalue weighted by Crippen LogP contribution is -2.48. The number of carboxylic acids is 1. The molecule has 0 spiro atoms. The van der Waals surface area contributed by atoms with Crippen molar-refractivity contribution in [3.8, 4) is 0 Å². The zero-order chi connectivity index (χ0) is 18.1. The monoisotopic (exact) mass is 342 g/mol. The first-order valence-corrected chi connectivity index (χ1v) is 8.49. The lowest BCUT2D eigenvalue weighted by molar-refractivity contribution is -0.148. The molecule has 0 heterocycles. The van der Waals surface area contributed by atoms with Gasteiger partial charge in [0.25, 0.3) is 5.91 Å². The van der Waals surface area contributed by atoms with E-state index in [-0.39, 0.29) is 11.8 Å². The number of rotatable bonds is 4. The van der Waals surface area contributed by atoms with Crippen LogP contribution in [0.2, 0.25) is 0 Å². The number of carbonyl (C=O) groups excluding carboxylic acids is 2. The van der Waals surface area contributed by atoms with E-state index in [1.165, 1.54) is 0 Å². The smallest absolute Gasteiger partial charge is 0.307 e. The molecule has 2 aliphatic carbocycles. The number of aliphatic carboxylic acids is 1.